The standard InChI is InChI=1S/C23H22N8O4/c1-30-9-7-23(34,22(30)33)17-11-15(29-35-17)13-4-3-5-14(10-13)21-25-12-16(19(27-21)20(24)32)26-18-6-8-31(2)28-18/h3-6,8,10-12,34H,7,9H2,1-2H3,(H2,24,32)(H,26,28). The summed E-state index contributed by atoms with van der Waals surface area (Å²) in [5.74, 6) is -0.264. The molecule has 1 aliphatic rings. The number of hydrogen-bond donors (Lipinski definition) is 3. The molecule has 2 amide bonds. The van der Waals surface area contributed by atoms with Crippen molar-refractivity contribution in [2.24, 2.45) is 12.8 Å². The Balaban J connectivity index is 1.45. The van der Waals surface area contributed by atoms with E-state index in [0.717, 1.165) is 0 Å². The molecule has 3 aromatic heterocycles. The van der Waals surface area contributed by atoms with Crippen LogP contribution >= 0.6 is 0 Å². The SMILES string of the molecule is CN1CCC(O)(c2cc(-c3cccc(-c4ncc(Nc5ccn(C)n5)c(C(N)=O)n4)c3)no2)C1=O. The van der Waals surface area contributed by atoms with Crippen LogP contribution in [0.4, 0.5) is 11.5 Å². The minimum Gasteiger partial charge on any atom is -0.373 e. The first-order chi connectivity index (χ1) is 16.7. The summed E-state index contributed by atoms with van der Waals surface area (Å²) < 4.78 is 6.95. The number of amides is 2. The van der Waals surface area contributed by atoms with Gasteiger partial charge in [0.1, 0.15) is 5.69 Å². The van der Waals surface area contributed by atoms with Gasteiger partial charge in [-0.2, -0.15) is 5.10 Å². The van der Waals surface area contributed by atoms with Gasteiger partial charge in [0.05, 0.1) is 11.9 Å². The number of rotatable bonds is 6. The van der Waals surface area contributed by atoms with Gasteiger partial charge in [-0.25, -0.2) is 9.97 Å². The van der Waals surface area contributed by atoms with E-state index in [2.05, 4.69) is 25.5 Å². The number of anilines is 2. The van der Waals surface area contributed by atoms with Crippen LogP contribution in [0.25, 0.3) is 22.6 Å². The molecule has 1 aliphatic heterocycles. The summed E-state index contributed by atoms with van der Waals surface area (Å²) in [5, 5.41) is 22.1. The van der Waals surface area contributed by atoms with Crippen LogP contribution < -0.4 is 11.1 Å². The maximum absolute atomic E-state index is 12.4. The monoisotopic (exact) mass is 474 g/mol. The summed E-state index contributed by atoms with van der Waals surface area (Å²) >= 11 is 0. The fourth-order valence-electron chi connectivity index (χ4n) is 3.93. The second kappa shape index (κ2) is 8.33. The predicted octanol–water partition coefficient (Wildman–Crippen LogP) is 1.42. The van der Waals surface area contributed by atoms with Crippen LogP contribution in [0.15, 0.2) is 53.3 Å². The number of benzene rings is 1. The van der Waals surface area contributed by atoms with E-state index >= 15 is 0 Å². The molecule has 1 unspecified atom stereocenters. The maximum Gasteiger partial charge on any atom is 0.269 e. The molecule has 35 heavy (non-hydrogen) atoms. The van der Waals surface area contributed by atoms with E-state index < -0.39 is 17.4 Å². The van der Waals surface area contributed by atoms with Crippen molar-refractivity contribution in [3.63, 3.8) is 0 Å². The molecule has 12 heteroatoms. The zero-order chi connectivity index (χ0) is 24.7. The summed E-state index contributed by atoms with van der Waals surface area (Å²) in [6.07, 6.45) is 3.44. The zero-order valence-electron chi connectivity index (χ0n) is 19.0. The highest BCUT2D eigenvalue weighted by atomic mass is 16.5. The zero-order valence-corrected chi connectivity index (χ0v) is 19.0. The average molecular weight is 474 g/mol. The van der Waals surface area contributed by atoms with Gasteiger partial charge in [0, 0.05) is 56.5 Å². The third-order valence-electron chi connectivity index (χ3n) is 5.84. The topological polar surface area (TPSA) is 165 Å². The molecule has 4 heterocycles. The molecule has 1 saturated heterocycles. The average Bonchev–Trinajstić information content (AvgIpc) is 3.57. The number of carbonyl (C=O) groups excluding carboxylic acids is 2. The maximum atomic E-state index is 12.4. The van der Waals surface area contributed by atoms with Gasteiger partial charge in [-0.05, 0) is 6.07 Å². The van der Waals surface area contributed by atoms with Gasteiger partial charge >= 0.3 is 0 Å². The molecule has 5 rings (SSSR count). The van der Waals surface area contributed by atoms with Crippen LogP contribution in [0.1, 0.15) is 22.7 Å². The highest BCUT2D eigenvalue weighted by Gasteiger charge is 2.48. The van der Waals surface area contributed by atoms with Crippen LogP contribution in [0, 0.1) is 0 Å². The fraction of sp³-hybridized carbons (Fsp3) is 0.217. The van der Waals surface area contributed by atoms with Crippen molar-refractivity contribution in [2.75, 3.05) is 18.9 Å². The number of primary amides is 1. The van der Waals surface area contributed by atoms with E-state index in [1.807, 2.05) is 0 Å². The van der Waals surface area contributed by atoms with Crippen LogP contribution in [-0.2, 0) is 17.4 Å². The first-order valence-corrected chi connectivity index (χ1v) is 10.7. The van der Waals surface area contributed by atoms with E-state index in [4.69, 9.17) is 10.3 Å². The minimum atomic E-state index is -1.73. The lowest BCUT2D eigenvalue weighted by atomic mass is 9.98. The molecule has 4 N–H and O–H groups in total. The summed E-state index contributed by atoms with van der Waals surface area (Å²) in [7, 11) is 3.40. The Bertz CT molecular complexity index is 1440. The smallest absolute Gasteiger partial charge is 0.269 e. The fourth-order valence-corrected chi connectivity index (χ4v) is 3.93. The van der Waals surface area contributed by atoms with E-state index in [1.54, 1.807) is 61.4 Å². The van der Waals surface area contributed by atoms with Crippen molar-refractivity contribution in [1.82, 2.24) is 29.8 Å². The quantitative estimate of drug-likeness (QED) is 0.375. The van der Waals surface area contributed by atoms with Crippen molar-refractivity contribution in [1.29, 1.82) is 0 Å². The Morgan fingerprint density at radius 3 is 2.71 bits per heavy atom. The third kappa shape index (κ3) is 3.99. The lowest BCUT2D eigenvalue weighted by Gasteiger charge is -2.16. The molecule has 0 saturated carbocycles. The summed E-state index contributed by atoms with van der Waals surface area (Å²) in [5.41, 5.74) is 5.87. The number of hydrogen-bond acceptors (Lipinski definition) is 9. The van der Waals surface area contributed by atoms with Gasteiger partial charge in [0.2, 0.25) is 5.60 Å². The van der Waals surface area contributed by atoms with Crippen LogP contribution in [-0.4, -0.2) is 60.3 Å². The van der Waals surface area contributed by atoms with Gasteiger partial charge in [-0.3, -0.25) is 14.3 Å². The number of nitrogens with zero attached hydrogens (tertiary/aromatic N) is 6. The van der Waals surface area contributed by atoms with Crippen molar-refractivity contribution >= 4 is 23.3 Å². The summed E-state index contributed by atoms with van der Waals surface area (Å²) in [4.78, 5) is 34.6. The number of carbonyl (C=O) groups is 2. The van der Waals surface area contributed by atoms with Gasteiger partial charge in [0.15, 0.2) is 23.1 Å². The highest BCUT2D eigenvalue weighted by molar-refractivity contribution is 5.97. The molecule has 1 atom stereocenters. The number of nitrogens with one attached hydrogen (secondary N) is 1. The number of likely N-dealkylation sites (N-methyl/N-ethyl adjacent to an activating group) is 1. The lowest BCUT2D eigenvalue weighted by Crippen LogP contribution is -2.35. The van der Waals surface area contributed by atoms with Crippen LogP contribution in [0.2, 0.25) is 0 Å². The minimum absolute atomic E-state index is 0.0147. The molecule has 178 valence electrons. The molecular formula is C23H22N8O4. The Morgan fingerprint density at radius 1 is 1.23 bits per heavy atom. The molecule has 0 spiro atoms. The summed E-state index contributed by atoms with van der Waals surface area (Å²) in [6, 6.07) is 10.4. The molecule has 0 aliphatic carbocycles. The highest BCUT2D eigenvalue weighted by Crippen LogP contribution is 2.35. The first kappa shape index (κ1) is 22.2. The number of likely N-dealkylation sites (tertiary alicyclic amines) is 1. The molecule has 0 bridgehead atoms. The van der Waals surface area contributed by atoms with Crippen LogP contribution in [0.3, 0.4) is 0 Å². The number of aryl methyl sites for hydroxylation is 1. The van der Waals surface area contributed by atoms with E-state index in [0.29, 0.717) is 34.9 Å². The second-order valence-corrected chi connectivity index (χ2v) is 8.31. The third-order valence-corrected chi connectivity index (χ3v) is 5.84. The van der Waals surface area contributed by atoms with Crippen LogP contribution in [0.5, 0.6) is 0 Å². The number of nitrogens with two attached hydrogens (primary N) is 1. The van der Waals surface area contributed by atoms with E-state index in [-0.39, 0.29) is 23.7 Å². The summed E-state index contributed by atoms with van der Waals surface area (Å²) in [6.45, 7) is 0.422. The van der Waals surface area contributed by atoms with Gasteiger partial charge in [0.25, 0.3) is 11.8 Å². The number of aromatic nitrogens is 5. The molecule has 12 nitrogen and oxygen atoms in total. The molecule has 1 fully saturated rings. The van der Waals surface area contributed by atoms with Gasteiger partial charge < -0.3 is 25.6 Å². The Labute approximate surface area is 199 Å². The molecule has 0 radical (unpaired) electrons. The Hall–Kier alpha value is -4.58. The lowest BCUT2D eigenvalue weighted by molar-refractivity contribution is -0.144. The van der Waals surface area contributed by atoms with E-state index in [9.17, 15) is 14.7 Å². The van der Waals surface area contributed by atoms with E-state index in [1.165, 1.54) is 11.1 Å². The largest absolute Gasteiger partial charge is 0.373 e. The molecule has 1 aromatic carbocycles. The first-order valence-electron chi connectivity index (χ1n) is 10.7. The van der Waals surface area contributed by atoms with Crippen molar-refractivity contribution in [2.45, 2.75) is 12.0 Å². The van der Waals surface area contributed by atoms with Gasteiger partial charge in [-0.15, -0.1) is 0 Å². The Morgan fingerprint density at radius 2 is 2.03 bits per heavy atom. The van der Waals surface area contributed by atoms with Crippen molar-refractivity contribution in [3.8, 4) is 22.6 Å². The second-order valence-electron chi connectivity index (χ2n) is 8.31. The predicted molar refractivity (Wildman–Crippen MR) is 124 cm³/mol. The molecular weight excluding hydrogens is 452 g/mol. The number of aliphatic hydroxyl groups is 1. The Kier molecular flexibility index (Phi) is 5.29. The van der Waals surface area contributed by atoms with Gasteiger partial charge in [-0.1, -0.05) is 23.4 Å². The van der Waals surface area contributed by atoms with Crippen molar-refractivity contribution in [3.05, 3.63) is 60.2 Å². The molecule has 4 aromatic rings. The van der Waals surface area contributed by atoms with Crippen molar-refractivity contribution < 1.29 is 19.2 Å². The normalized spacial score (nSPS) is 17.7.